The van der Waals surface area contributed by atoms with Gasteiger partial charge in [0.15, 0.2) is 0 Å². The van der Waals surface area contributed by atoms with Crippen LogP contribution in [0.2, 0.25) is 0 Å². The van der Waals surface area contributed by atoms with Crippen LogP contribution in [0.5, 0.6) is 0 Å². The summed E-state index contributed by atoms with van der Waals surface area (Å²) >= 11 is 2.07. The van der Waals surface area contributed by atoms with E-state index in [0.29, 0.717) is 6.04 Å². The average Bonchev–Trinajstić information content (AvgIpc) is 2.84. The molecule has 2 heterocycles. The standard InChI is InChI=1S/C18H27N3OS/c19-18(22)17-7-2-9-21(17)13-14-4-1-5-16(12-14)20-15-6-3-10-23-11-8-15/h1,4-5,12,15,17,20H,2-3,6-11,13H2,(H2,19,22). The first-order chi connectivity index (χ1) is 11.2. The molecule has 0 aliphatic carbocycles. The number of nitrogens with one attached hydrogen (secondary N) is 1. The fraction of sp³-hybridized carbons (Fsp3) is 0.611. The summed E-state index contributed by atoms with van der Waals surface area (Å²) in [7, 11) is 0. The van der Waals surface area contributed by atoms with Crippen LogP contribution in [0, 0.1) is 0 Å². The van der Waals surface area contributed by atoms with Crippen LogP contribution in [0.1, 0.15) is 37.7 Å². The molecule has 23 heavy (non-hydrogen) atoms. The topological polar surface area (TPSA) is 58.4 Å². The predicted octanol–water partition coefficient (Wildman–Crippen LogP) is 2.83. The van der Waals surface area contributed by atoms with E-state index in [4.69, 9.17) is 5.73 Å². The van der Waals surface area contributed by atoms with E-state index in [0.717, 1.165) is 25.9 Å². The molecule has 0 saturated carbocycles. The van der Waals surface area contributed by atoms with Gasteiger partial charge < -0.3 is 11.1 Å². The number of amides is 1. The number of likely N-dealkylation sites (tertiary alicyclic amines) is 1. The maximum atomic E-state index is 11.5. The van der Waals surface area contributed by atoms with E-state index < -0.39 is 0 Å². The van der Waals surface area contributed by atoms with Crippen molar-refractivity contribution in [3.8, 4) is 0 Å². The zero-order chi connectivity index (χ0) is 16.1. The van der Waals surface area contributed by atoms with Crippen molar-refractivity contribution >= 4 is 23.4 Å². The van der Waals surface area contributed by atoms with Gasteiger partial charge in [-0.05, 0) is 67.9 Å². The predicted molar refractivity (Wildman–Crippen MR) is 97.7 cm³/mol. The molecule has 2 fully saturated rings. The summed E-state index contributed by atoms with van der Waals surface area (Å²) in [4.78, 5) is 13.7. The van der Waals surface area contributed by atoms with Gasteiger partial charge in [-0.2, -0.15) is 11.8 Å². The third-order valence-electron chi connectivity index (χ3n) is 4.83. The molecule has 2 unspecified atom stereocenters. The SMILES string of the molecule is NC(=O)C1CCCN1Cc1cccc(NC2CCCSCC2)c1. The number of nitrogens with zero attached hydrogens (tertiary/aromatic N) is 1. The Morgan fingerprint density at radius 2 is 2.17 bits per heavy atom. The second-order valence-corrected chi connectivity index (χ2v) is 7.84. The minimum atomic E-state index is -0.187. The highest BCUT2D eigenvalue weighted by atomic mass is 32.2. The first-order valence-electron chi connectivity index (χ1n) is 8.69. The Kier molecular flexibility index (Phi) is 5.84. The first kappa shape index (κ1) is 16.7. The number of anilines is 1. The molecule has 2 saturated heterocycles. The van der Waals surface area contributed by atoms with Crippen LogP contribution in [0.4, 0.5) is 5.69 Å². The fourth-order valence-corrected chi connectivity index (χ4v) is 4.64. The molecule has 0 radical (unpaired) electrons. The Balaban J connectivity index is 1.61. The molecule has 4 nitrogen and oxygen atoms in total. The summed E-state index contributed by atoms with van der Waals surface area (Å²) in [5.74, 6) is 2.36. The lowest BCUT2D eigenvalue weighted by molar-refractivity contribution is -0.122. The highest BCUT2D eigenvalue weighted by molar-refractivity contribution is 7.99. The Bertz CT molecular complexity index is 529. The van der Waals surface area contributed by atoms with Crippen molar-refractivity contribution in [2.75, 3.05) is 23.4 Å². The fourth-order valence-electron chi connectivity index (χ4n) is 3.62. The van der Waals surface area contributed by atoms with Crippen molar-refractivity contribution < 1.29 is 4.79 Å². The Hall–Kier alpha value is -1.20. The van der Waals surface area contributed by atoms with E-state index in [-0.39, 0.29) is 11.9 Å². The third kappa shape index (κ3) is 4.64. The lowest BCUT2D eigenvalue weighted by Crippen LogP contribution is -2.39. The molecule has 2 atom stereocenters. The van der Waals surface area contributed by atoms with Gasteiger partial charge in [-0.3, -0.25) is 9.69 Å². The number of primary amides is 1. The average molecular weight is 334 g/mol. The van der Waals surface area contributed by atoms with Gasteiger partial charge in [-0.15, -0.1) is 0 Å². The molecular weight excluding hydrogens is 306 g/mol. The number of rotatable bonds is 5. The number of benzene rings is 1. The molecule has 1 amide bonds. The Morgan fingerprint density at radius 3 is 3.04 bits per heavy atom. The molecule has 126 valence electrons. The molecule has 5 heteroatoms. The van der Waals surface area contributed by atoms with Crippen LogP contribution in [0.25, 0.3) is 0 Å². The van der Waals surface area contributed by atoms with Gasteiger partial charge in [-0.25, -0.2) is 0 Å². The third-order valence-corrected chi connectivity index (χ3v) is 5.93. The quantitative estimate of drug-likeness (QED) is 0.870. The van der Waals surface area contributed by atoms with Gasteiger partial charge in [0.25, 0.3) is 0 Å². The largest absolute Gasteiger partial charge is 0.382 e. The molecule has 2 aliphatic heterocycles. The minimum Gasteiger partial charge on any atom is -0.382 e. The van der Waals surface area contributed by atoms with Crippen LogP contribution in [-0.4, -0.2) is 40.9 Å². The lowest BCUT2D eigenvalue weighted by Gasteiger charge is -2.23. The normalized spacial score (nSPS) is 25.9. The van der Waals surface area contributed by atoms with Crippen molar-refractivity contribution in [1.82, 2.24) is 4.90 Å². The summed E-state index contributed by atoms with van der Waals surface area (Å²) in [5, 5.41) is 3.70. The Morgan fingerprint density at radius 1 is 1.26 bits per heavy atom. The van der Waals surface area contributed by atoms with E-state index >= 15 is 0 Å². The van der Waals surface area contributed by atoms with Crippen molar-refractivity contribution in [3.05, 3.63) is 29.8 Å². The van der Waals surface area contributed by atoms with Crippen molar-refractivity contribution in [1.29, 1.82) is 0 Å². The van der Waals surface area contributed by atoms with Crippen molar-refractivity contribution in [2.45, 2.75) is 50.7 Å². The van der Waals surface area contributed by atoms with Gasteiger partial charge in [0.2, 0.25) is 5.91 Å². The smallest absolute Gasteiger partial charge is 0.234 e. The van der Waals surface area contributed by atoms with Crippen LogP contribution in [0.15, 0.2) is 24.3 Å². The molecular formula is C18H27N3OS. The second kappa shape index (κ2) is 8.06. The summed E-state index contributed by atoms with van der Waals surface area (Å²) in [6, 6.07) is 9.13. The monoisotopic (exact) mass is 333 g/mol. The summed E-state index contributed by atoms with van der Waals surface area (Å²) in [6.07, 6.45) is 5.76. The van der Waals surface area contributed by atoms with Crippen LogP contribution in [-0.2, 0) is 11.3 Å². The maximum Gasteiger partial charge on any atom is 0.234 e. The number of thioether (sulfide) groups is 1. The highest BCUT2D eigenvalue weighted by Gasteiger charge is 2.28. The van der Waals surface area contributed by atoms with Crippen LogP contribution in [0.3, 0.4) is 0 Å². The van der Waals surface area contributed by atoms with Crippen molar-refractivity contribution in [2.24, 2.45) is 5.73 Å². The lowest BCUT2D eigenvalue weighted by atomic mass is 10.1. The Labute approximate surface area is 143 Å². The molecule has 1 aromatic rings. The van der Waals surface area contributed by atoms with Gasteiger partial charge in [-0.1, -0.05) is 12.1 Å². The van der Waals surface area contributed by atoms with E-state index in [9.17, 15) is 4.79 Å². The van der Waals surface area contributed by atoms with Crippen LogP contribution < -0.4 is 11.1 Å². The van der Waals surface area contributed by atoms with Gasteiger partial charge >= 0.3 is 0 Å². The summed E-state index contributed by atoms with van der Waals surface area (Å²) in [5.41, 5.74) is 7.97. The second-order valence-electron chi connectivity index (χ2n) is 6.62. The number of hydrogen-bond acceptors (Lipinski definition) is 4. The van der Waals surface area contributed by atoms with Crippen LogP contribution >= 0.6 is 11.8 Å². The molecule has 3 rings (SSSR count). The number of carbonyl (C=O) groups is 1. The zero-order valence-corrected chi connectivity index (χ0v) is 14.5. The summed E-state index contributed by atoms with van der Waals surface area (Å²) in [6.45, 7) is 1.77. The minimum absolute atomic E-state index is 0.0921. The number of nitrogens with two attached hydrogens (primary N) is 1. The van der Waals surface area contributed by atoms with E-state index in [1.807, 2.05) is 0 Å². The highest BCUT2D eigenvalue weighted by Crippen LogP contribution is 2.23. The van der Waals surface area contributed by atoms with Gasteiger partial charge in [0, 0.05) is 18.3 Å². The maximum absolute atomic E-state index is 11.5. The molecule has 0 bridgehead atoms. The van der Waals surface area contributed by atoms with Gasteiger partial charge in [0.05, 0.1) is 6.04 Å². The molecule has 3 N–H and O–H groups in total. The molecule has 0 aromatic heterocycles. The molecule has 1 aromatic carbocycles. The first-order valence-corrected chi connectivity index (χ1v) is 9.84. The van der Waals surface area contributed by atoms with Gasteiger partial charge in [0.1, 0.15) is 0 Å². The van der Waals surface area contributed by atoms with Crippen molar-refractivity contribution in [3.63, 3.8) is 0 Å². The molecule has 0 spiro atoms. The van der Waals surface area contributed by atoms with E-state index in [2.05, 4.69) is 46.2 Å². The number of carbonyl (C=O) groups excluding carboxylic acids is 1. The number of hydrogen-bond donors (Lipinski definition) is 2. The molecule has 2 aliphatic rings. The van der Waals surface area contributed by atoms with E-state index in [1.165, 1.54) is 42.0 Å². The summed E-state index contributed by atoms with van der Waals surface area (Å²) < 4.78 is 0. The van der Waals surface area contributed by atoms with E-state index in [1.54, 1.807) is 0 Å². The zero-order valence-electron chi connectivity index (χ0n) is 13.7.